The molecule has 0 spiro atoms. The lowest BCUT2D eigenvalue weighted by Gasteiger charge is -2.08. The first-order valence-electron chi connectivity index (χ1n) is 4.59. The zero-order valence-electron chi connectivity index (χ0n) is 8.23. The van der Waals surface area contributed by atoms with Gasteiger partial charge >= 0.3 is 0 Å². The average Bonchev–Trinajstić information content (AvgIpc) is 2.20. The molecule has 0 saturated carbocycles. The topological polar surface area (TPSA) is 34.0 Å². The molecule has 0 radical (unpaired) electrons. The van der Waals surface area contributed by atoms with Gasteiger partial charge in [0.05, 0.1) is 6.04 Å². The molecule has 0 aliphatic rings. The minimum Gasteiger partial charge on any atom is -0.314 e. The maximum absolute atomic E-state index is 11.3. The van der Waals surface area contributed by atoms with Gasteiger partial charge in [-0.05, 0) is 13.0 Å². The molecule has 1 heterocycles. The van der Waals surface area contributed by atoms with Crippen LogP contribution in [0, 0.1) is 12.3 Å². The van der Waals surface area contributed by atoms with Crippen LogP contribution in [-0.4, -0.2) is 17.2 Å². The van der Waals surface area contributed by atoms with Crippen LogP contribution >= 0.6 is 0 Å². The van der Waals surface area contributed by atoms with E-state index in [2.05, 4.69) is 11.2 Å². The molecule has 1 N–H and O–H groups in total. The first-order chi connectivity index (χ1) is 6.74. The maximum Gasteiger partial charge on any atom is 0.250 e. The van der Waals surface area contributed by atoms with Crippen molar-refractivity contribution in [2.75, 3.05) is 6.54 Å². The summed E-state index contributed by atoms with van der Waals surface area (Å²) >= 11 is 0. The van der Waals surface area contributed by atoms with E-state index in [0.717, 1.165) is 0 Å². The number of nitrogens with one attached hydrogen (secondary N) is 1. The Kier molecular flexibility index (Phi) is 3.96. The predicted octanol–water partition coefficient (Wildman–Crippen LogP) is 0.460. The summed E-state index contributed by atoms with van der Waals surface area (Å²) in [6.07, 6.45) is 6.97. The van der Waals surface area contributed by atoms with Gasteiger partial charge in [-0.2, -0.15) is 0 Å². The van der Waals surface area contributed by atoms with Crippen molar-refractivity contribution in [3.05, 3.63) is 34.7 Å². The van der Waals surface area contributed by atoms with Gasteiger partial charge in [0, 0.05) is 25.4 Å². The maximum atomic E-state index is 11.3. The zero-order chi connectivity index (χ0) is 10.4. The van der Waals surface area contributed by atoms with Crippen molar-refractivity contribution in [1.29, 1.82) is 0 Å². The molecule has 1 aromatic rings. The van der Waals surface area contributed by atoms with Gasteiger partial charge in [-0.25, -0.2) is 0 Å². The van der Waals surface area contributed by atoms with E-state index in [0.29, 0.717) is 13.1 Å². The Balaban J connectivity index is 2.44. The number of nitrogens with zero attached hydrogens (tertiary/aromatic N) is 1. The van der Waals surface area contributed by atoms with E-state index in [9.17, 15) is 4.79 Å². The van der Waals surface area contributed by atoms with Gasteiger partial charge in [0.25, 0.3) is 5.56 Å². The quantitative estimate of drug-likeness (QED) is 0.700. The Morgan fingerprint density at radius 1 is 1.64 bits per heavy atom. The molecule has 3 heteroatoms. The van der Waals surface area contributed by atoms with Gasteiger partial charge in [-0.1, -0.05) is 12.0 Å². The summed E-state index contributed by atoms with van der Waals surface area (Å²) in [6.45, 7) is 3.26. The van der Waals surface area contributed by atoms with Crippen LogP contribution < -0.4 is 10.9 Å². The highest BCUT2D eigenvalue weighted by Crippen LogP contribution is 1.82. The Morgan fingerprint density at radius 2 is 2.43 bits per heavy atom. The predicted molar refractivity (Wildman–Crippen MR) is 57.0 cm³/mol. The lowest BCUT2D eigenvalue weighted by molar-refractivity contribution is 0.566. The Labute approximate surface area is 83.8 Å². The van der Waals surface area contributed by atoms with Gasteiger partial charge in [0.2, 0.25) is 0 Å². The SMILES string of the molecule is C#CC(C)NCCn1ccccc1=O. The summed E-state index contributed by atoms with van der Waals surface area (Å²) in [5, 5.41) is 3.11. The molecule has 0 amide bonds. The Morgan fingerprint density at radius 3 is 3.07 bits per heavy atom. The monoisotopic (exact) mass is 190 g/mol. The number of pyridine rings is 1. The van der Waals surface area contributed by atoms with Crippen LogP contribution in [0.2, 0.25) is 0 Å². The molecule has 0 aliphatic carbocycles. The largest absolute Gasteiger partial charge is 0.314 e. The standard InChI is InChI=1S/C11H14N2O/c1-3-10(2)12-7-9-13-8-5-4-6-11(13)14/h1,4-6,8,10,12H,7,9H2,2H3. The van der Waals surface area contributed by atoms with Crippen LogP contribution in [0.25, 0.3) is 0 Å². The van der Waals surface area contributed by atoms with E-state index < -0.39 is 0 Å². The van der Waals surface area contributed by atoms with Crippen molar-refractivity contribution in [3.63, 3.8) is 0 Å². The van der Waals surface area contributed by atoms with E-state index in [1.807, 2.05) is 13.0 Å². The molecule has 74 valence electrons. The molecule has 0 aliphatic heterocycles. The number of aromatic nitrogens is 1. The van der Waals surface area contributed by atoms with E-state index in [4.69, 9.17) is 6.42 Å². The number of hydrogen-bond donors (Lipinski definition) is 1. The summed E-state index contributed by atoms with van der Waals surface area (Å²) in [6, 6.07) is 5.17. The molecule has 0 saturated heterocycles. The lowest BCUT2D eigenvalue weighted by atomic mass is 10.3. The van der Waals surface area contributed by atoms with Crippen LogP contribution in [0.15, 0.2) is 29.2 Å². The molecule has 0 bridgehead atoms. The Bertz CT molecular complexity index is 375. The summed E-state index contributed by atoms with van der Waals surface area (Å²) in [5.74, 6) is 2.57. The van der Waals surface area contributed by atoms with Crippen molar-refractivity contribution in [2.24, 2.45) is 0 Å². The second-order valence-corrected chi connectivity index (χ2v) is 3.07. The van der Waals surface area contributed by atoms with Crippen LogP contribution in [0.4, 0.5) is 0 Å². The average molecular weight is 190 g/mol. The third kappa shape index (κ3) is 3.08. The third-order valence-electron chi connectivity index (χ3n) is 1.95. The molecule has 1 atom stereocenters. The van der Waals surface area contributed by atoms with Crippen LogP contribution in [0.1, 0.15) is 6.92 Å². The molecular formula is C11H14N2O. The fraction of sp³-hybridized carbons (Fsp3) is 0.364. The highest BCUT2D eigenvalue weighted by atomic mass is 16.1. The second-order valence-electron chi connectivity index (χ2n) is 3.07. The first kappa shape index (κ1) is 10.6. The summed E-state index contributed by atoms with van der Waals surface area (Å²) in [4.78, 5) is 11.3. The van der Waals surface area contributed by atoms with Crippen LogP contribution in [-0.2, 0) is 6.54 Å². The van der Waals surface area contributed by atoms with Crippen molar-refractivity contribution in [2.45, 2.75) is 19.5 Å². The number of rotatable bonds is 4. The minimum atomic E-state index is 0.0164. The molecule has 1 unspecified atom stereocenters. The summed E-state index contributed by atoms with van der Waals surface area (Å²) in [7, 11) is 0. The van der Waals surface area contributed by atoms with Crippen molar-refractivity contribution >= 4 is 0 Å². The van der Waals surface area contributed by atoms with Gasteiger partial charge in [0.1, 0.15) is 0 Å². The number of hydrogen-bond acceptors (Lipinski definition) is 2. The van der Waals surface area contributed by atoms with E-state index in [1.165, 1.54) is 0 Å². The third-order valence-corrected chi connectivity index (χ3v) is 1.95. The van der Waals surface area contributed by atoms with E-state index in [-0.39, 0.29) is 11.6 Å². The highest BCUT2D eigenvalue weighted by molar-refractivity contribution is 4.96. The molecule has 1 rings (SSSR count). The Hall–Kier alpha value is -1.53. The first-order valence-corrected chi connectivity index (χ1v) is 4.59. The summed E-state index contributed by atoms with van der Waals surface area (Å²) in [5.41, 5.74) is 0.0164. The minimum absolute atomic E-state index is 0.0164. The van der Waals surface area contributed by atoms with E-state index in [1.54, 1.807) is 22.9 Å². The fourth-order valence-electron chi connectivity index (χ4n) is 1.11. The summed E-state index contributed by atoms with van der Waals surface area (Å²) < 4.78 is 1.65. The van der Waals surface area contributed by atoms with Crippen molar-refractivity contribution in [3.8, 4) is 12.3 Å². The molecule has 0 fully saturated rings. The molecular weight excluding hydrogens is 176 g/mol. The van der Waals surface area contributed by atoms with Gasteiger partial charge in [-0.3, -0.25) is 4.79 Å². The van der Waals surface area contributed by atoms with Gasteiger partial charge in [-0.15, -0.1) is 6.42 Å². The van der Waals surface area contributed by atoms with Crippen molar-refractivity contribution < 1.29 is 0 Å². The lowest BCUT2D eigenvalue weighted by Crippen LogP contribution is -2.30. The normalized spacial score (nSPS) is 12.0. The van der Waals surface area contributed by atoms with Crippen LogP contribution in [0.5, 0.6) is 0 Å². The number of terminal acetylenes is 1. The molecule has 1 aromatic heterocycles. The molecule has 3 nitrogen and oxygen atoms in total. The second kappa shape index (κ2) is 5.25. The van der Waals surface area contributed by atoms with Crippen LogP contribution in [0.3, 0.4) is 0 Å². The van der Waals surface area contributed by atoms with Gasteiger partial charge in [0.15, 0.2) is 0 Å². The highest BCUT2D eigenvalue weighted by Gasteiger charge is 1.96. The molecule has 0 aromatic carbocycles. The van der Waals surface area contributed by atoms with Crippen molar-refractivity contribution in [1.82, 2.24) is 9.88 Å². The van der Waals surface area contributed by atoms with E-state index >= 15 is 0 Å². The van der Waals surface area contributed by atoms with Gasteiger partial charge < -0.3 is 9.88 Å². The molecule has 14 heavy (non-hydrogen) atoms. The smallest absolute Gasteiger partial charge is 0.250 e. The fourth-order valence-corrected chi connectivity index (χ4v) is 1.11. The zero-order valence-corrected chi connectivity index (χ0v) is 8.23.